The molecule has 1 atom stereocenters. The van der Waals surface area contributed by atoms with E-state index in [0.717, 1.165) is 15.8 Å². The number of benzene rings is 1. The molecule has 0 amide bonds. The predicted molar refractivity (Wildman–Crippen MR) is 67.5 cm³/mol. The maximum atomic E-state index is 5.82. The van der Waals surface area contributed by atoms with Crippen LogP contribution in [-0.4, -0.2) is 12.6 Å². The summed E-state index contributed by atoms with van der Waals surface area (Å²) in [6.07, 6.45) is 0.0583. The standard InChI is InChI=1S/C12H18BrNO/c1-7-5-11(13)9(3)10(4)12(7)15-8(2)6-14/h5,8H,6,14H2,1-4H3. The Labute approximate surface area is 99.9 Å². The molecule has 0 bridgehead atoms. The highest BCUT2D eigenvalue weighted by Gasteiger charge is 2.12. The monoisotopic (exact) mass is 271 g/mol. The first-order chi connectivity index (χ1) is 6.97. The Balaban J connectivity index is 3.12. The van der Waals surface area contributed by atoms with E-state index in [4.69, 9.17) is 10.5 Å². The van der Waals surface area contributed by atoms with Gasteiger partial charge in [-0.05, 0) is 50.5 Å². The van der Waals surface area contributed by atoms with Crippen LogP contribution in [0.3, 0.4) is 0 Å². The molecule has 1 aromatic carbocycles. The largest absolute Gasteiger partial charge is 0.489 e. The number of ether oxygens (including phenoxy) is 1. The fraction of sp³-hybridized carbons (Fsp3) is 0.500. The van der Waals surface area contributed by atoms with Crippen LogP contribution in [0.1, 0.15) is 23.6 Å². The fourth-order valence-electron chi connectivity index (χ4n) is 1.44. The highest BCUT2D eigenvalue weighted by molar-refractivity contribution is 9.10. The topological polar surface area (TPSA) is 35.2 Å². The summed E-state index contributed by atoms with van der Waals surface area (Å²) in [5, 5.41) is 0. The molecule has 0 aliphatic rings. The molecule has 0 aliphatic carbocycles. The third-order valence-corrected chi connectivity index (χ3v) is 3.44. The molecule has 0 radical (unpaired) electrons. The summed E-state index contributed by atoms with van der Waals surface area (Å²) < 4.78 is 6.94. The van der Waals surface area contributed by atoms with Gasteiger partial charge in [-0.25, -0.2) is 0 Å². The lowest BCUT2D eigenvalue weighted by Crippen LogP contribution is -2.23. The van der Waals surface area contributed by atoms with Gasteiger partial charge in [0.1, 0.15) is 11.9 Å². The molecular formula is C12H18BrNO. The Hall–Kier alpha value is -0.540. The van der Waals surface area contributed by atoms with Gasteiger partial charge in [0.05, 0.1) is 0 Å². The first kappa shape index (κ1) is 12.5. The average Bonchev–Trinajstić information content (AvgIpc) is 2.21. The number of rotatable bonds is 3. The molecule has 2 nitrogen and oxygen atoms in total. The molecule has 0 saturated heterocycles. The summed E-state index contributed by atoms with van der Waals surface area (Å²) >= 11 is 3.53. The van der Waals surface area contributed by atoms with Crippen LogP contribution in [0.2, 0.25) is 0 Å². The second kappa shape index (κ2) is 4.99. The minimum absolute atomic E-state index is 0.0583. The minimum atomic E-state index is 0.0583. The highest BCUT2D eigenvalue weighted by atomic mass is 79.9. The van der Waals surface area contributed by atoms with Crippen molar-refractivity contribution in [2.24, 2.45) is 5.73 Å². The Kier molecular flexibility index (Phi) is 4.17. The van der Waals surface area contributed by atoms with Crippen molar-refractivity contribution in [2.75, 3.05) is 6.54 Å². The van der Waals surface area contributed by atoms with E-state index in [-0.39, 0.29) is 6.10 Å². The molecule has 0 aromatic heterocycles. The van der Waals surface area contributed by atoms with E-state index in [9.17, 15) is 0 Å². The molecule has 2 N–H and O–H groups in total. The fourth-order valence-corrected chi connectivity index (χ4v) is 2.08. The van der Waals surface area contributed by atoms with Crippen molar-refractivity contribution in [3.63, 3.8) is 0 Å². The number of hydrogen-bond acceptors (Lipinski definition) is 2. The first-order valence-electron chi connectivity index (χ1n) is 5.10. The smallest absolute Gasteiger partial charge is 0.125 e. The van der Waals surface area contributed by atoms with Crippen LogP contribution in [0.5, 0.6) is 5.75 Å². The van der Waals surface area contributed by atoms with Crippen molar-refractivity contribution in [3.05, 3.63) is 27.2 Å². The molecule has 0 fully saturated rings. The van der Waals surface area contributed by atoms with E-state index < -0.39 is 0 Å². The lowest BCUT2D eigenvalue weighted by Gasteiger charge is -2.19. The summed E-state index contributed by atoms with van der Waals surface area (Å²) in [7, 11) is 0. The average molecular weight is 272 g/mol. The molecule has 1 unspecified atom stereocenters. The Morgan fingerprint density at radius 2 is 1.93 bits per heavy atom. The maximum absolute atomic E-state index is 5.82. The van der Waals surface area contributed by atoms with Crippen LogP contribution in [0.4, 0.5) is 0 Å². The van der Waals surface area contributed by atoms with Gasteiger partial charge >= 0.3 is 0 Å². The molecule has 84 valence electrons. The van der Waals surface area contributed by atoms with Crippen LogP contribution < -0.4 is 10.5 Å². The maximum Gasteiger partial charge on any atom is 0.125 e. The third-order valence-electron chi connectivity index (χ3n) is 2.61. The molecule has 0 heterocycles. The van der Waals surface area contributed by atoms with Gasteiger partial charge in [-0.1, -0.05) is 15.9 Å². The summed E-state index contributed by atoms with van der Waals surface area (Å²) in [5.41, 5.74) is 9.10. The second-order valence-corrected chi connectivity index (χ2v) is 4.77. The van der Waals surface area contributed by atoms with Gasteiger partial charge in [0, 0.05) is 11.0 Å². The first-order valence-corrected chi connectivity index (χ1v) is 5.89. The van der Waals surface area contributed by atoms with Crippen LogP contribution in [0.15, 0.2) is 10.5 Å². The zero-order valence-corrected chi connectivity index (χ0v) is 11.3. The van der Waals surface area contributed by atoms with Crippen molar-refractivity contribution in [1.82, 2.24) is 0 Å². The molecule has 0 aliphatic heterocycles. The quantitative estimate of drug-likeness (QED) is 0.917. The Morgan fingerprint density at radius 1 is 1.33 bits per heavy atom. The van der Waals surface area contributed by atoms with Crippen molar-refractivity contribution in [2.45, 2.75) is 33.8 Å². The van der Waals surface area contributed by atoms with E-state index in [1.165, 1.54) is 11.1 Å². The molecule has 0 saturated carbocycles. The van der Waals surface area contributed by atoms with E-state index in [1.807, 2.05) is 6.92 Å². The van der Waals surface area contributed by atoms with Crippen LogP contribution in [0, 0.1) is 20.8 Å². The lowest BCUT2D eigenvalue weighted by atomic mass is 10.1. The van der Waals surface area contributed by atoms with Crippen LogP contribution >= 0.6 is 15.9 Å². The van der Waals surface area contributed by atoms with Crippen molar-refractivity contribution < 1.29 is 4.74 Å². The van der Waals surface area contributed by atoms with Gasteiger partial charge in [-0.2, -0.15) is 0 Å². The van der Waals surface area contributed by atoms with Gasteiger partial charge in [0.25, 0.3) is 0 Å². The van der Waals surface area contributed by atoms with Gasteiger partial charge in [-0.15, -0.1) is 0 Å². The lowest BCUT2D eigenvalue weighted by molar-refractivity contribution is 0.226. The zero-order chi connectivity index (χ0) is 11.6. The van der Waals surface area contributed by atoms with E-state index in [2.05, 4.69) is 42.8 Å². The molecule has 1 rings (SSSR count). The highest BCUT2D eigenvalue weighted by Crippen LogP contribution is 2.32. The second-order valence-electron chi connectivity index (χ2n) is 3.92. The van der Waals surface area contributed by atoms with Crippen LogP contribution in [0.25, 0.3) is 0 Å². The van der Waals surface area contributed by atoms with E-state index >= 15 is 0 Å². The van der Waals surface area contributed by atoms with Crippen molar-refractivity contribution in [3.8, 4) is 5.75 Å². The van der Waals surface area contributed by atoms with Crippen LogP contribution in [-0.2, 0) is 0 Å². The normalized spacial score (nSPS) is 12.7. The number of aryl methyl sites for hydroxylation is 1. The predicted octanol–water partition coefficient (Wildman–Crippen LogP) is 3.10. The Bertz CT molecular complexity index is 363. The molecule has 3 heteroatoms. The van der Waals surface area contributed by atoms with Gasteiger partial charge in [0.15, 0.2) is 0 Å². The minimum Gasteiger partial charge on any atom is -0.489 e. The molecule has 1 aromatic rings. The summed E-state index contributed by atoms with van der Waals surface area (Å²) in [4.78, 5) is 0. The SMILES string of the molecule is Cc1cc(Br)c(C)c(C)c1OC(C)CN. The summed E-state index contributed by atoms with van der Waals surface area (Å²) in [6, 6.07) is 2.08. The van der Waals surface area contributed by atoms with Crippen molar-refractivity contribution in [1.29, 1.82) is 0 Å². The number of halogens is 1. The van der Waals surface area contributed by atoms with E-state index in [0.29, 0.717) is 6.54 Å². The summed E-state index contributed by atoms with van der Waals surface area (Å²) in [5.74, 6) is 0.966. The number of hydrogen-bond donors (Lipinski definition) is 1. The zero-order valence-electron chi connectivity index (χ0n) is 9.73. The summed E-state index contributed by atoms with van der Waals surface area (Å²) in [6.45, 7) is 8.73. The van der Waals surface area contributed by atoms with E-state index in [1.54, 1.807) is 0 Å². The number of nitrogens with two attached hydrogens (primary N) is 1. The van der Waals surface area contributed by atoms with Gasteiger partial charge in [-0.3, -0.25) is 0 Å². The third kappa shape index (κ3) is 2.73. The van der Waals surface area contributed by atoms with Crippen molar-refractivity contribution >= 4 is 15.9 Å². The molecule has 15 heavy (non-hydrogen) atoms. The van der Waals surface area contributed by atoms with Gasteiger partial charge in [0.2, 0.25) is 0 Å². The Morgan fingerprint density at radius 3 is 2.47 bits per heavy atom. The molecule has 0 spiro atoms. The molecular weight excluding hydrogens is 254 g/mol. The van der Waals surface area contributed by atoms with Gasteiger partial charge < -0.3 is 10.5 Å².